The Morgan fingerprint density at radius 1 is 1.26 bits per heavy atom. The molecule has 1 amide bonds. The van der Waals surface area contributed by atoms with Crippen LogP contribution in [0.25, 0.3) is 11.1 Å². The van der Waals surface area contributed by atoms with Gasteiger partial charge in [-0.25, -0.2) is 4.98 Å². The first-order chi connectivity index (χ1) is 16.5. The summed E-state index contributed by atoms with van der Waals surface area (Å²) >= 11 is 0. The number of hydrogen-bond donors (Lipinski definition) is 0. The maximum atomic E-state index is 12.5. The van der Waals surface area contributed by atoms with E-state index in [1.54, 1.807) is 13.2 Å². The summed E-state index contributed by atoms with van der Waals surface area (Å²) in [7, 11) is 1.56. The zero-order chi connectivity index (χ0) is 25.8. The second-order valence-electron chi connectivity index (χ2n) is 8.76. The zero-order valence-corrected chi connectivity index (χ0v) is 20.2. The fraction of sp³-hybridized carbons (Fsp3) is 0.480. The molecule has 3 rings (SSSR count). The Hall–Kier alpha value is -3.32. The van der Waals surface area contributed by atoms with E-state index in [4.69, 9.17) is 9.72 Å². The molecule has 0 N–H and O–H groups in total. The van der Waals surface area contributed by atoms with Gasteiger partial charge in [-0.2, -0.15) is 5.26 Å². The molecule has 7 nitrogen and oxygen atoms in total. The molecule has 10 heteroatoms. The van der Waals surface area contributed by atoms with Crippen LogP contribution in [0.1, 0.15) is 44.4 Å². The lowest BCUT2D eigenvalue weighted by Crippen LogP contribution is -2.54. The lowest BCUT2D eigenvalue weighted by Gasteiger charge is -2.41. The van der Waals surface area contributed by atoms with E-state index in [1.165, 1.54) is 24.3 Å². The molecule has 1 aromatic heterocycles. The summed E-state index contributed by atoms with van der Waals surface area (Å²) in [4.78, 5) is 21.2. The van der Waals surface area contributed by atoms with Gasteiger partial charge < -0.3 is 19.3 Å². The van der Waals surface area contributed by atoms with E-state index < -0.39 is 6.36 Å². The second kappa shape index (κ2) is 11.0. The SMILES string of the molecule is COCCC(=O)N1CCN(c2nc(C(C)C)c(-c3ccc(OC(F)(F)F)cc3)cc2C#N)C[C@H]1C. The molecule has 1 aliphatic rings. The molecule has 0 bridgehead atoms. The standard InChI is InChI=1S/C25H29F3N4O3/c1-16(2)23-21(18-5-7-20(8-6-18)35-25(26,27)28)13-19(14-29)24(30-23)31-10-11-32(17(3)15-31)22(33)9-12-34-4/h5-8,13,16-17H,9-12,15H2,1-4H3/t17-/m1/s1. The van der Waals surface area contributed by atoms with Gasteiger partial charge in [0.25, 0.3) is 0 Å². The summed E-state index contributed by atoms with van der Waals surface area (Å²) < 4.78 is 46.5. The quantitative estimate of drug-likeness (QED) is 0.559. The highest BCUT2D eigenvalue weighted by Gasteiger charge is 2.32. The number of nitriles is 1. The van der Waals surface area contributed by atoms with Crippen LogP contribution in [0.4, 0.5) is 19.0 Å². The number of pyridine rings is 1. The van der Waals surface area contributed by atoms with Crippen molar-refractivity contribution in [3.63, 3.8) is 0 Å². The molecule has 2 aromatic rings. The number of alkyl halides is 3. The summed E-state index contributed by atoms with van der Waals surface area (Å²) in [6, 6.07) is 9.42. The molecule has 0 radical (unpaired) electrons. The first-order valence-electron chi connectivity index (χ1n) is 11.4. The average molecular weight is 491 g/mol. The van der Waals surface area contributed by atoms with Crippen molar-refractivity contribution < 1.29 is 27.4 Å². The Labute approximate surface area is 203 Å². The number of rotatable bonds is 7. The maximum absolute atomic E-state index is 12.5. The van der Waals surface area contributed by atoms with E-state index >= 15 is 0 Å². The number of halogens is 3. The van der Waals surface area contributed by atoms with Gasteiger partial charge in [0.2, 0.25) is 5.91 Å². The summed E-state index contributed by atoms with van der Waals surface area (Å²) in [6.45, 7) is 7.84. The fourth-order valence-electron chi connectivity index (χ4n) is 4.20. The van der Waals surface area contributed by atoms with Crippen LogP contribution in [0.2, 0.25) is 0 Å². The van der Waals surface area contributed by atoms with E-state index in [-0.39, 0.29) is 23.6 Å². The highest BCUT2D eigenvalue weighted by molar-refractivity contribution is 5.77. The Bertz CT molecular complexity index is 1080. The van der Waals surface area contributed by atoms with Crippen LogP contribution in [0, 0.1) is 11.3 Å². The van der Waals surface area contributed by atoms with Gasteiger partial charge in [0, 0.05) is 38.3 Å². The second-order valence-corrected chi connectivity index (χ2v) is 8.76. The van der Waals surface area contributed by atoms with Crippen LogP contribution in [-0.4, -0.2) is 61.5 Å². The zero-order valence-electron chi connectivity index (χ0n) is 20.2. The molecule has 188 valence electrons. The Kier molecular flexibility index (Phi) is 8.22. The maximum Gasteiger partial charge on any atom is 0.573 e. The van der Waals surface area contributed by atoms with Gasteiger partial charge in [-0.1, -0.05) is 26.0 Å². The van der Waals surface area contributed by atoms with Crippen molar-refractivity contribution in [1.29, 1.82) is 5.26 Å². The van der Waals surface area contributed by atoms with Crippen molar-refractivity contribution in [2.75, 3.05) is 38.3 Å². The topological polar surface area (TPSA) is 78.7 Å². The van der Waals surface area contributed by atoms with Gasteiger partial charge in [-0.15, -0.1) is 13.2 Å². The Balaban J connectivity index is 1.90. The monoisotopic (exact) mass is 490 g/mol. The number of carbonyl (C=O) groups is 1. The normalized spacial score (nSPS) is 16.4. The van der Waals surface area contributed by atoms with Crippen LogP contribution in [-0.2, 0) is 9.53 Å². The molecule has 2 heterocycles. The Morgan fingerprint density at radius 3 is 2.49 bits per heavy atom. The summed E-state index contributed by atoms with van der Waals surface area (Å²) in [6.07, 6.45) is -4.45. The number of nitrogens with zero attached hydrogens (tertiary/aromatic N) is 4. The number of aromatic nitrogens is 1. The van der Waals surface area contributed by atoms with Crippen LogP contribution in [0.15, 0.2) is 30.3 Å². The van der Waals surface area contributed by atoms with Gasteiger partial charge in [0.15, 0.2) is 0 Å². The first kappa shape index (κ1) is 26.3. The van der Waals surface area contributed by atoms with Crippen LogP contribution >= 0.6 is 0 Å². The van der Waals surface area contributed by atoms with E-state index in [2.05, 4.69) is 10.8 Å². The van der Waals surface area contributed by atoms with Crippen LogP contribution in [0.3, 0.4) is 0 Å². The van der Waals surface area contributed by atoms with Crippen molar-refractivity contribution in [3.8, 4) is 22.9 Å². The van der Waals surface area contributed by atoms with Crippen molar-refractivity contribution in [1.82, 2.24) is 9.88 Å². The largest absolute Gasteiger partial charge is 0.573 e. The molecule has 1 aromatic carbocycles. The van der Waals surface area contributed by atoms with Crippen molar-refractivity contribution >= 4 is 11.7 Å². The third-order valence-corrected chi connectivity index (χ3v) is 5.87. The molecule has 1 atom stereocenters. The lowest BCUT2D eigenvalue weighted by atomic mass is 9.95. The van der Waals surface area contributed by atoms with Gasteiger partial charge in [0.1, 0.15) is 17.6 Å². The van der Waals surface area contributed by atoms with Crippen molar-refractivity contribution in [3.05, 3.63) is 41.6 Å². The van der Waals surface area contributed by atoms with Crippen LogP contribution < -0.4 is 9.64 Å². The predicted octanol–water partition coefficient (Wildman–Crippen LogP) is 4.72. The average Bonchev–Trinajstić information content (AvgIpc) is 2.81. The third-order valence-electron chi connectivity index (χ3n) is 5.87. The molecule has 1 aliphatic heterocycles. The fourth-order valence-corrected chi connectivity index (χ4v) is 4.20. The van der Waals surface area contributed by atoms with Crippen molar-refractivity contribution in [2.24, 2.45) is 0 Å². The lowest BCUT2D eigenvalue weighted by molar-refractivity contribution is -0.274. The predicted molar refractivity (Wildman–Crippen MR) is 125 cm³/mol. The number of methoxy groups -OCH3 is 1. The number of amides is 1. The van der Waals surface area contributed by atoms with Gasteiger partial charge in [-0.05, 0) is 36.6 Å². The van der Waals surface area contributed by atoms with Gasteiger partial charge in [-0.3, -0.25) is 4.79 Å². The number of anilines is 1. The number of piperazine rings is 1. The van der Waals surface area contributed by atoms with E-state index in [9.17, 15) is 23.2 Å². The molecule has 0 spiro atoms. The highest BCUT2D eigenvalue weighted by atomic mass is 19.4. The number of hydrogen-bond acceptors (Lipinski definition) is 6. The summed E-state index contributed by atoms with van der Waals surface area (Å²) in [5.41, 5.74) is 2.42. The molecule has 0 unspecified atom stereocenters. The summed E-state index contributed by atoms with van der Waals surface area (Å²) in [5, 5.41) is 9.88. The van der Waals surface area contributed by atoms with E-state index in [0.29, 0.717) is 55.2 Å². The smallest absolute Gasteiger partial charge is 0.406 e. The minimum atomic E-state index is -4.77. The molecule has 1 saturated heterocycles. The molecule has 0 saturated carbocycles. The highest BCUT2D eigenvalue weighted by Crippen LogP contribution is 2.34. The first-order valence-corrected chi connectivity index (χ1v) is 11.4. The van der Waals surface area contributed by atoms with Gasteiger partial charge in [0.05, 0.1) is 24.3 Å². The third kappa shape index (κ3) is 6.42. The van der Waals surface area contributed by atoms with Crippen LogP contribution in [0.5, 0.6) is 5.75 Å². The minimum absolute atomic E-state index is 0.00284. The Morgan fingerprint density at radius 2 is 1.94 bits per heavy atom. The number of benzene rings is 1. The number of ether oxygens (including phenoxy) is 2. The molecule has 0 aliphatic carbocycles. The summed E-state index contributed by atoms with van der Waals surface area (Å²) in [5.74, 6) is 0.262. The number of carbonyl (C=O) groups excluding carboxylic acids is 1. The molecular weight excluding hydrogens is 461 g/mol. The van der Waals surface area contributed by atoms with Crippen molar-refractivity contribution in [2.45, 2.75) is 45.5 Å². The van der Waals surface area contributed by atoms with E-state index in [1.807, 2.05) is 30.6 Å². The van der Waals surface area contributed by atoms with E-state index in [0.717, 1.165) is 5.69 Å². The van der Waals surface area contributed by atoms with Gasteiger partial charge >= 0.3 is 6.36 Å². The molecule has 35 heavy (non-hydrogen) atoms. The minimum Gasteiger partial charge on any atom is -0.406 e. The molecular formula is C25H29F3N4O3. The molecule has 1 fully saturated rings.